The summed E-state index contributed by atoms with van der Waals surface area (Å²) in [7, 11) is 0. The highest BCUT2D eigenvalue weighted by Crippen LogP contribution is 2.65. The highest BCUT2D eigenvalue weighted by molar-refractivity contribution is 6.38. The number of hydrogen-bond acceptors (Lipinski definition) is 7. The van der Waals surface area contributed by atoms with Crippen molar-refractivity contribution in [1.82, 2.24) is 31.1 Å². The summed E-state index contributed by atoms with van der Waals surface area (Å²) in [6.07, 6.45) is 7.80. The van der Waals surface area contributed by atoms with Crippen molar-refractivity contribution in [1.29, 1.82) is 0 Å². The third kappa shape index (κ3) is 9.53. The van der Waals surface area contributed by atoms with Gasteiger partial charge in [-0.15, -0.1) is 6.58 Å². The Hall–Kier alpha value is -3.77. The molecule has 4 N–H and O–H groups in total. The zero-order valence-electron chi connectivity index (χ0n) is 34.2. The molecule has 2 heterocycles. The minimum atomic E-state index is -1.05. The molecule has 6 atom stereocenters. The molecule has 2 aliphatic heterocycles. The number of imide groups is 1. The van der Waals surface area contributed by atoms with Crippen LogP contribution in [0.25, 0.3) is 0 Å². The number of carbonyl (C=O) groups is 7. The van der Waals surface area contributed by atoms with E-state index in [1.54, 1.807) is 4.90 Å². The van der Waals surface area contributed by atoms with E-state index in [-0.39, 0.29) is 67.3 Å². The van der Waals surface area contributed by atoms with Gasteiger partial charge in [-0.05, 0) is 52.8 Å². The Kier molecular flexibility index (Phi) is 13.2. The summed E-state index contributed by atoms with van der Waals surface area (Å²) < 4.78 is 0. The minimum Gasteiger partial charge on any atom is -0.346 e. The average molecular weight is 755 g/mol. The maximum Gasteiger partial charge on any atom is 0.315 e. The number of hydrogen-bond donors (Lipinski definition) is 4. The molecule has 2 saturated heterocycles. The second-order valence-electron chi connectivity index (χ2n) is 19.1. The summed E-state index contributed by atoms with van der Waals surface area (Å²) in [6.45, 7) is 21.7. The fourth-order valence-electron chi connectivity index (χ4n) is 8.97. The summed E-state index contributed by atoms with van der Waals surface area (Å²) in [5.74, 6) is -3.00. The number of fused-ring (bicyclic) bond motifs is 1. The van der Waals surface area contributed by atoms with Crippen LogP contribution in [0.5, 0.6) is 0 Å². The average Bonchev–Trinajstić information content (AvgIpc) is 3.37. The molecule has 0 bridgehead atoms. The number of urea groups is 1. The zero-order chi connectivity index (χ0) is 40.4. The van der Waals surface area contributed by atoms with Crippen molar-refractivity contribution in [3.05, 3.63) is 12.7 Å². The molecular weight excluding hydrogens is 688 g/mol. The number of nitrogens with one attached hydrogen (secondary N) is 4. The first-order valence-corrected chi connectivity index (χ1v) is 20.0. The molecule has 4 aliphatic rings. The van der Waals surface area contributed by atoms with Crippen molar-refractivity contribution in [2.75, 3.05) is 19.6 Å². The summed E-state index contributed by atoms with van der Waals surface area (Å²) in [5.41, 5.74) is -1.78. The molecule has 302 valence electrons. The molecule has 13 nitrogen and oxygen atoms in total. The first-order chi connectivity index (χ1) is 25.1. The molecule has 4 rings (SSSR count). The predicted octanol–water partition coefficient (Wildman–Crippen LogP) is 4.24. The summed E-state index contributed by atoms with van der Waals surface area (Å²) in [5, 5.41) is 11.4. The van der Waals surface area contributed by atoms with E-state index >= 15 is 0 Å². The number of carbonyl (C=O) groups excluding carboxylic acids is 7. The van der Waals surface area contributed by atoms with Gasteiger partial charge in [-0.1, -0.05) is 100 Å². The number of rotatable bonds is 15. The molecule has 0 aromatic heterocycles. The van der Waals surface area contributed by atoms with Crippen molar-refractivity contribution < 1.29 is 33.6 Å². The first kappa shape index (κ1) is 43.0. The fraction of sp³-hybridized carbons (Fsp3) is 0.780. The topological polar surface area (TPSA) is 174 Å². The van der Waals surface area contributed by atoms with E-state index < -0.39 is 64.0 Å². The van der Waals surface area contributed by atoms with Crippen LogP contribution in [0.15, 0.2) is 12.7 Å². The molecular formula is C41H66N6O7. The third-order valence-corrected chi connectivity index (χ3v) is 12.7. The summed E-state index contributed by atoms with van der Waals surface area (Å²) in [6, 6.07) is -4.08. The number of ketones is 1. The van der Waals surface area contributed by atoms with E-state index in [0.29, 0.717) is 25.8 Å². The minimum absolute atomic E-state index is 0.0108. The van der Waals surface area contributed by atoms with Gasteiger partial charge in [0.15, 0.2) is 0 Å². The highest BCUT2D eigenvalue weighted by Gasteiger charge is 2.70. The van der Waals surface area contributed by atoms with Gasteiger partial charge in [-0.25, -0.2) is 4.79 Å². The highest BCUT2D eigenvalue weighted by atomic mass is 16.2. The van der Waals surface area contributed by atoms with Gasteiger partial charge < -0.3 is 26.2 Å². The van der Waals surface area contributed by atoms with Crippen LogP contribution >= 0.6 is 0 Å². The lowest BCUT2D eigenvalue weighted by Gasteiger charge is -2.44. The van der Waals surface area contributed by atoms with Gasteiger partial charge in [0.1, 0.15) is 12.1 Å². The number of unbranched alkanes of at least 4 members (excludes halogenated alkanes) is 1. The monoisotopic (exact) mass is 754 g/mol. The molecule has 0 aromatic carbocycles. The predicted molar refractivity (Wildman–Crippen MR) is 206 cm³/mol. The molecule has 4 fully saturated rings. The van der Waals surface area contributed by atoms with Crippen LogP contribution in [0.3, 0.4) is 0 Å². The molecule has 7 amide bonds. The second-order valence-corrected chi connectivity index (χ2v) is 19.1. The zero-order valence-corrected chi connectivity index (χ0v) is 34.2. The molecule has 0 aromatic rings. The van der Waals surface area contributed by atoms with Crippen LogP contribution in [-0.4, -0.2) is 95.0 Å². The Balaban J connectivity index is 1.59. The Morgan fingerprint density at radius 2 is 1.54 bits per heavy atom. The van der Waals surface area contributed by atoms with Gasteiger partial charge in [-0.2, -0.15) is 0 Å². The molecule has 54 heavy (non-hydrogen) atoms. The Morgan fingerprint density at radius 1 is 0.926 bits per heavy atom. The quantitative estimate of drug-likeness (QED) is 0.110. The number of amides is 7. The van der Waals surface area contributed by atoms with Crippen molar-refractivity contribution in [3.63, 3.8) is 0 Å². The SMILES string of the molecule is C=CCNC(=O)C(=O)C(CCCC)NC(=O)[C@@H]1[C@@H]2[C@H](CN1C(=O)[C@@H](NC(=O)N[C@H](CN1C(=O)CC(C)(C)CC1=O)C(C)(C)C)C1(C)CCCCC1)C2(C)C. The Bertz CT molecular complexity index is 1470. The molecule has 2 aliphatic carbocycles. The Morgan fingerprint density at radius 3 is 2.09 bits per heavy atom. The molecule has 0 radical (unpaired) electrons. The summed E-state index contributed by atoms with van der Waals surface area (Å²) >= 11 is 0. The number of likely N-dealkylation sites (tertiary alicyclic amines) is 2. The van der Waals surface area contributed by atoms with Crippen molar-refractivity contribution in [3.8, 4) is 0 Å². The maximum absolute atomic E-state index is 14.9. The van der Waals surface area contributed by atoms with Crippen molar-refractivity contribution in [2.45, 2.75) is 151 Å². The standard InChI is InChI=1S/C41H66N6O7/c1-11-13-17-26(32(50)35(52)42-20-12-2)43-34(51)31-30-25(40(30,8)9)23-47(31)36(53)33(41(10)18-15-14-16-19-41)45-37(54)44-27(38(3,4)5)24-46-28(48)21-39(6,7)22-29(46)49/h12,25-27,30-31,33H,2,11,13-24H2,1,3-10H3,(H,42,52)(H,43,51)(H2,44,45,54)/t25-,26?,27+,30-,31-,33+/m0/s1. The number of piperidine rings is 2. The van der Waals surface area contributed by atoms with E-state index in [1.165, 1.54) is 11.0 Å². The first-order valence-electron chi connectivity index (χ1n) is 20.0. The molecule has 2 saturated carbocycles. The van der Waals surface area contributed by atoms with Gasteiger partial charge in [0.05, 0.1) is 12.1 Å². The smallest absolute Gasteiger partial charge is 0.315 e. The van der Waals surface area contributed by atoms with E-state index in [4.69, 9.17) is 0 Å². The van der Waals surface area contributed by atoms with Crippen molar-refractivity contribution in [2.24, 2.45) is 33.5 Å². The van der Waals surface area contributed by atoms with Crippen molar-refractivity contribution >= 4 is 41.4 Å². The summed E-state index contributed by atoms with van der Waals surface area (Å²) in [4.78, 5) is 98.1. The second kappa shape index (κ2) is 16.5. The van der Waals surface area contributed by atoms with Crippen LogP contribution < -0.4 is 21.3 Å². The van der Waals surface area contributed by atoms with E-state index in [1.807, 2.05) is 48.5 Å². The van der Waals surface area contributed by atoms with E-state index in [9.17, 15) is 33.6 Å². The molecule has 13 heteroatoms. The van der Waals surface area contributed by atoms with Gasteiger partial charge in [0.25, 0.3) is 5.91 Å². The lowest BCUT2D eigenvalue weighted by molar-refractivity contribution is -0.153. The molecule has 1 unspecified atom stereocenters. The maximum atomic E-state index is 14.9. The normalized spacial score (nSPS) is 25.8. The largest absolute Gasteiger partial charge is 0.346 e. The molecule has 0 spiro atoms. The van der Waals surface area contributed by atoms with Gasteiger partial charge >= 0.3 is 6.03 Å². The third-order valence-electron chi connectivity index (χ3n) is 12.7. The van der Waals surface area contributed by atoms with Crippen LogP contribution in [0.2, 0.25) is 0 Å². The lowest BCUT2D eigenvalue weighted by Crippen LogP contribution is -2.64. The lowest BCUT2D eigenvalue weighted by atomic mass is 9.70. The van der Waals surface area contributed by atoms with Crippen LogP contribution in [0, 0.1) is 33.5 Å². The number of Topliss-reactive ketones (excluding diaryl/α,β-unsaturated/α-hetero) is 1. The number of nitrogens with zero attached hydrogens (tertiary/aromatic N) is 2. The van der Waals surface area contributed by atoms with E-state index in [2.05, 4.69) is 41.7 Å². The Labute approximate surface area is 321 Å². The van der Waals surface area contributed by atoms with Gasteiger partial charge in [0.2, 0.25) is 29.4 Å². The van der Waals surface area contributed by atoms with Crippen LogP contribution in [0.4, 0.5) is 4.79 Å². The fourth-order valence-corrected chi connectivity index (χ4v) is 8.97. The van der Waals surface area contributed by atoms with Gasteiger partial charge in [0, 0.05) is 32.5 Å². The van der Waals surface area contributed by atoms with Gasteiger partial charge in [-0.3, -0.25) is 33.7 Å². The van der Waals surface area contributed by atoms with Crippen LogP contribution in [-0.2, 0) is 28.8 Å². The van der Waals surface area contributed by atoms with Crippen LogP contribution in [0.1, 0.15) is 127 Å². The van der Waals surface area contributed by atoms with E-state index in [0.717, 1.165) is 25.7 Å².